The largest absolute Gasteiger partial charge is 0.461 e. The van der Waals surface area contributed by atoms with Gasteiger partial charge in [-0.15, -0.1) is 0 Å². The third-order valence-corrected chi connectivity index (χ3v) is 2.23. The molecular formula is C12H21NO3. The van der Waals surface area contributed by atoms with Crippen LogP contribution in [-0.2, 0) is 14.3 Å². The van der Waals surface area contributed by atoms with Gasteiger partial charge in [0.1, 0.15) is 12.9 Å². The normalized spacial score (nSPS) is 11.7. The van der Waals surface area contributed by atoms with Gasteiger partial charge in [-0.3, -0.25) is 9.69 Å². The average Bonchev–Trinajstić information content (AvgIpc) is 2.20. The van der Waals surface area contributed by atoms with Crippen LogP contribution in [0.5, 0.6) is 0 Å². The lowest BCUT2D eigenvalue weighted by atomic mass is 10.2. The molecule has 0 bridgehead atoms. The van der Waals surface area contributed by atoms with Gasteiger partial charge in [-0.05, 0) is 33.8 Å². The second-order valence-corrected chi connectivity index (χ2v) is 4.09. The lowest BCUT2D eigenvalue weighted by Crippen LogP contribution is -2.39. The maximum Gasteiger partial charge on any atom is 0.330 e. The first-order valence-electron chi connectivity index (χ1n) is 5.53. The van der Waals surface area contributed by atoms with E-state index < -0.39 is 5.97 Å². The van der Waals surface area contributed by atoms with Crippen LogP contribution in [0.15, 0.2) is 12.2 Å². The van der Waals surface area contributed by atoms with Crippen molar-refractivity contribution in [2.75, 3.05) is 13.2 Å². The first-order chi connectivity index (χ1) is 7.49. The monoisotopic (exact) mass is 227 g/mol. The minimum absolute atomic E-state index is 0.346. The smallest absolute Gasteiger partial charge is 0.330 e. The number of ether oxygens (including phenoxy) is 1. The number of hydrogen-bond acceptors (Lipinski definition) is 4. The molecule has 0 amide bonds. The Morgan fingerprint density at radius 1 is 1.25 bits per heavy atom. The lowest BCUT2D eigenvalue weighted by molar-refractivity contribution is -0.138. The summed E-state index contributed by atoms with van der Waals surface area (Å²) >= 11 is 0. The molecule has 0 saturated heterocycles. The summed E-state index contributed by atoms with van der Waals surface area (Å²) in [5.74, 6) is -0.473. The van der Waals surface area contributed by atoms with E-state index in [0.29, 0.717) is 31.5 Å². The number of nitrogens with zero attached hydrogens (tertiary/aromatic N) is 1. The molecule has 4 heteroatoms. The van der Waals surface area contributed by atoms with E-state index in [0.717, 1.165) is 12.2 Å². The Morgan fingerprint density at radius 3 is 2.25 bits per heavy atom. The molecule has 92 valence electrons. The molecule has 0 aliphatic heterocycles. The van der Waals surface area contributed by atoms with Crippen molar-refractivity contribution < 1.29 is 14.3 Å². The number of allylic oxidation sites excluding steroid dienone is 1. The zero-order valence-electron chi connectivity index (χ0n) is 10.5. The summed E-state index contributed by atoms with van der Waals surface area (Å²) in [7, 11) is 0. The van der Waals surface area contributed by atoms with E-state index >= 15 is 0 Å². The fourth-order valence-corrected chi connectivity index (χ4v) is 1.53. The van der Waals surface area contributed by atoms with Crippen LogP contribution >= 0.6 is 0 Å². The molecule has 0 atom stereocenters. The Kier molecular flexibility index (Phi) is 7.46. The highest BCUT2D eigenvalue weighted by molar-refractivity contribution is 5.86. The third-order valence-electron chi connectivity index (χ3n) is 2.23. The minimum atomic E-state index is -0.473. The lowest BCUT2D eigenvalue weighted by Gasteiger charge is -2.29. The van der Waals surface area contributed by atoms with Crippen LogP contribution < -0.4 is 0 Å². The van der Waals surface area contributed by atoms with Gasteiger partial charge >= 0.3 is 5.97 Å². The van der Waals surface area contributed by atoms with E-state index in [-0.39, 0.29) is 0 Å². The SMILES string of the molecule is CC(C)N(CCOC(=O)/C=C/C=O)C(C)C. The fraction of sp³-hybridized carbons (Fsp3) is 0.667. The van der Waals surface area contributed by atoms with E-state index in [2.05, 4.69) is 32.6 Å². The topological polar surface area (TPSA) is 46.6 Å². The zero-order chi connectivity index (χ0) is 12.6. The van der Waals surface area contributed by atoms with Gasteiger partial charge in [-0.25, -0.2) is 4.79 Å². The first-order valence-corrected chi connectivity index (χ1v) is 5.53. The predicted octanol–water partition coefficient (Wildman–Crippen LogP) is 1.40. The standard InChI is InChI=1S/C12H21NO3/c1-10(2)13(11(3)4)7-9-16-12(15)6-5-8-14/h5-6,8,10-11H,7,9H2,1-4H3/b6-5+. The van der Waals surface area contributed by atoms with E-state index in [9.17, 15) is 9.59 Å². The third kappa shape index (κ3) is 6.35. The Balaban J connectivity index is 3.90. The van der Waals surface area contributed by atoms with E-state index in [1.54, 1.807) is 0 Å². The molecule has 0 unspecified atom stereocenters. The van der Waals surface area contributed by atoms with Crippen molar-refractivity contribution >= 4 is 12.3 Å². The van der Waals surface area contributed by atoms with Crippen LogP contribution in [-0.4, -0.2) is 42.4 Å². The predicted molar refractivity (Wildman–Crippen MR) is 63.1 cm³/mol. The van der Waals surface area contributed by atoms with Crippen molar-refractivity contribution in [3.8, 4) is 0 Å². The van der Waals surface area contributed by atoms with Crippen molar-refractivity contribution in [2.24, 2.45) is 0 Å². The first kappa shape index (κ1) is 14.8. The summed E-state index contributed by atoms with van der Waals surface area (Å²) in [5, 5.41) is 0. The molecule has 0 aliphatic rings. The fourth-order valence-electron chi connectivity index (χ4n) is 1.53. The molecule has 4 nitrogen and oxygen atoms in total. The molecule has 0 aromatic carbocycles. The van der Waals surface area contributed by atoms with Gasteiger partial charge in [0.25, 0.3) is 0 Å². The number of aldehydes is 1. The average molecular weight is 227 g/mol. The molecule has 0 N–H and O–H groups in total. The Hall–Kier alpha value is -1.16. The molecule has 0 heterocycles. The van der Waals surface area contributed by atoms with Gasteiger partial charge in [-0.1, -0.05) is 0 Å². The summed E-state index contributed by atoms with van der Waals surface area (Å²) in [6, 6.07) is 0.841. The molecular weight excluding hydrogens is 206 g/mol. The minimum Gasteiger partial charge on any atom is -0.461 e. The highest BCUT2D eigenvalue weighted by atomic mass is 16.5. The number of carbonyl (C=O) groups excluding carboxylic acids is 2. The summed E-state index contributed by atoms with van der Waals surface area (Å²) in [6.45, 7) is 9.47. The van der Waals surface area contributed by atoms with Gasteiger partial charge in [0.15, 0.2) is 0 Å². The highest BCUT2D eigenvalue weighted by Gasteiger charge is 2.13. The van der Waals surface area contributed by atoms with Crippen molar-refractivity contribution in [1.29, 1.82) is 0 Å². The van der Waals surface area contributed by atoms with Crippen molar-refractivity contribution in [1.82, 2.24) is 4.90 Å². The Morgan fingerprint density at radius 2 is 1.81 bits per heavy atom. The molecule has 0 aliphatic carbocycles. The molecule has 0 aromatic heterocycles. The van der Waals surface area contributed by atoms with E-state index in [1.807, 2.05) is 0 Å². The van der Waals surface area contributed by atoms with Gasteiger partial charge < -0.3 is 4.74 Å². The second kappa shape index (κ2) is 8.05. The molecule has 0 fully saturated rings. The number of hydrogen-bond donors (Lipinski definition) is 0. The summed E-state index contributed by atoms with van der Waals surface area (Å²) in [6.07, 6.45) is 2.81. The van der Waals surface area contributed by atoms with Crippen molar-refractivity contribution in [2.45, 2.75) is 39.8 Å². The number of esters is 1. The molecule has 16 heavy (non-hydrogen) atoms. The van der Waals surface area contributed by atoms with Crippen LogP contribution in [0.1, 0.15) is 27.7 Å². The summed E-state index contributed by atoms with van der Waals surface area (Å²) < 4.78 is 4.95. The van der Waals surface area contributed by atoms with Crippen LogP contribution in [0.25, 0.3) is 0 Å². The van der Waals surface area contributed by atoms with Crippen molar-refractivity contribution in [3.63, 3.8) is 0 Å². The zero-order valence-corrected chi connectivity index (χ0v) is 10.5. The van der Waals surface area contributed by atoms with Crippen LogP contribution in [0.4, 0.5) is 0 Å². The van der Waals surface area contributed by atoms with E-state index in [4.69, 9.17) is 4.74 Å². The van der Waals surface area contributed by atoms with Crippen LogP contribution in [0, 0.1) is 0 Å². The maximum absolute atomic E-state index is 11.0. The van der Waals surface area contributed by atoms with Gasteiger partial charge in [0, 0.05) is 24.7 Å². The summed E-state index contributed by atoms with van der Waals surface area (Å²) in [4.78, 5) is 23.2. The number of carbonyl (C=O) groups is 2. The van der Waals surface area contributed by atoms with Gasteiger partial charge in [0.05, 0.1) is 0 Å². The molecule has 0 radical (unpaired) electrons. The van der Waals surface area contributed by atoms with Crippen molar-refractivity contribution in [3.05, 3.63) is 12.2 Å². The molecule has 0 spiro atoms. The Bertz CT molecular complexity index is 239. The Labute approximate surface area is 97.3 Å². The van der Waals surface area contributed by atoms with Crippen LogP contribution in [0.2, 0.25) is 0 Å². The van der Waals surface area contributed by atoms with Crippen LogP contribution in [0.3, 0.4) is 0 Å². The molecule has 0 rings (SSSR count). The molecule has 0 saturated carbocycles. The molecule has 0 aromatic rings. The van der Waals surface area contributed by atoms with Gasteiger partial charge in [0.2, 0.25) is 0 Å². The number of rotatable bonds is 7. The maximum atomic E-state index is 11.0. The second-order valence-electron chi connectivity index (χ2n) is 4.09. The van der Waals surface area contributed by atoms with Gasteiger partial charge in [-0.2, -0.15) is 0 Å². The summed E-state index contributed by atoms with van der Waals surface area (Å²) in [5.41, 5.74) is 0. The quantitative estimate of drug-likeness (QED) is 0.375. The van der Waals surface area contributed by atoms with E-state index in [1.165, 1.54) is 0 Å². The highest BCUT2D eigenvalue weighted by Crippen LogP contribution is 2.03.